The summed E-state index contributed by atoms with van der Waals surface area (Å²) in [5.74, 6) is 0. The Labute approximate surface area is 96.4 Å². The van der Waals surface area contributed by atoms with Gasteiger partial charge in [0.1, 0.15) is 0 Å². The Morgan fingerprint density at radius 3 is 3.00 bits per heavy atom. The highest BCUT2D eigenvalue weighted by Crippen LogP contribution is 2.27. The fraction of sp³-hybridized carbons (Fsp3) is 0.538. The van der Waals surface area contributed by atoms with E-state index in [2.05, 4.69) is 28.4 Å². The van der Waals surface area contributed by atoms with E-state index in [1.807, 2.05) is 0 Å². The largest absolute Gasteiger partial charge is 0.384 e. The molecule has 1 aromatic rings. The lowest BCUT2D eigenvalue weighted by Crippen LogP contribution is -2.35. The van der Waals surface area contributed by atoms with Crippen molar-refractivity contribution in [1.82, 2.24) is 4.90 Å². The second-order valence-corrected chi connectivity index (χ2v) is 4.52. The molecule has 0 radical (unpaired) electrons. The first-order valence-electron chi connectivity index (χ1n) is 6.08. The normalized spacial score (nSPS) is 20.5. The van der Waals surface area contributed by atoms with Crippen LogP contribution in [0.5, 0.6) is 0 Å². The van der Waals surface area contributed by atoms with Gasteiger partial charge in [-0.25, -0.2) is 0 Å². The first-order valence-corrected chi connectivity index (χ1v) is 6.08. The van der Waals surface area contributed by atoms with Crippen molar-refractivity contribution in [3.63, 3.8) is 0 Å². The molecule has 1 fully saturated rings. The van der Waals surface area contributed by atoms with Gasteiger partial charge in [0.25, 0.3) is 0 Å². The fourth-order valence-electron chi connectivity index (χ4n) is 2.54. The number of hydrogen-bond donors (Lipinski definition) is 1. The van der Waals surface area contributed by atoms with Crippen molar-refractivity contribution < 1.29 is 4.74 Å². The lowest BCUT2D eigenvalue weighted by atomic mass is 10.1. The highest BCUT2D eigenvalue weighted by atomic mass is 16.5. The second kappa shape index (κ2) is 4.44. The van der Waals surface area contributed by atoms with Crippen LogP contribution in [0.25, 0.3) is 0 Å². The number of ether oxygens (including phenoxy) is 1. The smallest absolute Gasteiger partial charge is 0.0594 e. The highest BCUT2D eigenvalue weighted by Gasteiger charge is 2.17. The maximum Gasteiger partial charge on any atom is 0.0594 e. The Bertz CT molecular complexity index is 372. The number of benzene rings is 1. The van der Waals surface area contributed by atoms with Gasteiger partial charge in [-0.1, -0.05) is 18.2 Å². The van der Waals surface area contributed by atoms with Gasteiger partial charge in [0.15, 0.2) is 0 Å². The average molecular weight is 218 g/mol. The third-order valence-corrected chi connectivity index (χ3v) is 3.43. The molecular formula is C13H18N2O. The van der Waals surface area contributed by atoms with E-state index in [4.69, 9.17) is 4.74 Å². The van der Waals surface area contributed by atoms with Crippen molar-refractivity contribution in [2.45, 2.75) is 13.0 Å². The Balaban J connectivity index is 1.76. The number of nitrogens with zero attached hydrogens (tertiary/aromatic N) is 1. The molecule has 86 valence electrons. The topological polar surface area (TPSA) is 24.5 Å². The van der Waals surface area contributed by atoms with Crippen LogP contribution in [0.1, 0.15) is 11.1 Å². The van der Waals surface area contributed by atoms with Crippen molar-refractivity contribution in [1.29, 1.82) is 0 Å². The molecule has 2 aliphatic heterocycles. The second-order valence-electron chi connectivity index (χ2n) is 4.52. The summed E-state index contributed by atoms with van der Waals surface area (Å²) in [6.07, 6.45) is 1.17. The third-order valence-electron chi connectivity index (χ3n) is 3.43. The maximum atomic E-state index is 5.37. The monoisotopic (exact) mass is 218 g/mol. The molecule has 0 spiro atoms. The van der Waals surface area contributed by atoms with Crippen molar-refractivity contribution in [2.24, 2.45) is 0 Å². The van der Waals surface area contributed by atoms with Crippen molar-refractivity contribution in [3.05, 3.63) is 29.3 Å². The molecule has 0 atom stereocenters. The predicted octanol–water partition coefficient (Wildman–Crippen LogP) is 1.49. The van der Waals surface area contributed by atoms with Crippen molar-refractivity contribution >= 4 is 5.69 Å². The molecule has 3 rings (SSSR count). The van der Waals surface area contributed by atoms with E-state index < -0.39 is 0 Å². The number of anilines is 1. The number of hydrogen-bond acceptors (Lipinski definition) is 3. The van der Waals surface area contributed by atoms with E-state index in [1.54, 1.807) is 0 Å². The molecule has 1 saturated heterocycles. The van der Waals surface area contributed by atoms with Gasteiger partial charge in [-0.2, -0.15) is 0 Å². The van der Waals surface area contributed by atoms with Crippen LogP contribution in [0.2, 0.25) is 0 Å². The summed E-state index contributed by atoms with van der Waals surface area (Å²) in [4.78, 5) is 2.47. The van der Waals surface area contributed by atoms with Crippen LogP contribution in [-0.4, -0.2) is 37.7 Å². The summed E-state index contributed by atoms with van der Waals surface area (Å²) in [6, 6.07) is 6.66. The molecule has 3 heteroatoms. The Morgan fingerprint density at radius 1 is 1.25 bits per heavy atom. The molecule has 16 heavy (non-hydrogen) atoms. The van der Waals surface area contributed by atoms with E-state index in [9.17, 15) is 0 Å². The average Bonchev–Trinajstić information content (AvgIpc) is 2.80. The van der Waals surface area contributed by atoms with Gasteiger partial charge in [0.2, 0.25) is 0 Å². The predicted molar refractivity (Wildman–Crippen MR) is 64.7 cm³/mol. The first kappa shape index (κ1) is 10.1. The minimum Gasteiger partial charge on any atom is -0.384 e. The van der Waals surface area contributed by atoms with Gasteiger partial charge >= 0.3 is 0 Å². The SMILES string of the molecule is c1cc2c(c(CN3CCOCC3)c1)NCC2. The summed E-state index contributed by atoms with van der Waals surface area (Å²) in [5, 5.41) is 3.50. The highest BCUT2D eigenvalue weighted by molar-refractivity contribution is 5.61. The molecule has 2 aliphatic rings. The molecule has 1 N–H and O–H groups in total. The zero-order chi connectivity index (χ0) is 10.8. The van der Waals surface area contributed by atoms with E-state index >= 15 is 0 Å². The van der Waals surface area contributed by atoms with Crippen LogP contribution >= 0.6 is 0 Å². The molecule has 2 heterocycles. The molecule has 0 amide bonds. The summed E-state index contributed by atoms with van der Waals surface area (Å²) >= 11 is 0. The standard InChI is InChI=1S/C13H18N2O/c1-2-11-4-5-14-13(11)12(3-1)10-15-6-8-16-9-7-15/h1-3,14H,4-10H2. The zero-order valence-electron chi connectivity index (χ0n) is 9.54. The van der Waals surface area contributed by atoms with Crippen LogP contribution in [0.15, 0.2) is 18.2 Å². The minimum atomic E-state index is 0.877. The number of para-hydroxylation sites is 1. The number of morpholine rings is 1. The maximum absolute atomic E-state index is 5.37. The van der Waals surface area contributed by atoms with Gasteiger partial charge in [0.05, 0.1) is 13.2 Å². The van der Waals surface area contributed by atoms with E-state index in [0.717, 1.165) is 39.4 Å². The lowest BCUT2D eigenvalue weighted by molar-refractivity contribution is 0.0343. The summed E-state index contributed by atoms with van der Waals surface area (Å²) < 4.78 is 5.37. The van der Waals surface area contributed by atoms with Crippen LogP contribution in [0, 0.1) is 0 Å². The minimum absolute atomic E-state index is 0.877. The number of fused-ring (bicyclic) bond motifs is 1. The fourth-order valence-corrected chi connectivity index (χ4v) is 2.54. The lowest BCUT2D eigenvalue weighted by Gasteiger charge is -2.27. The van der Waals surface area contributed by atoms with Crippen molar-refractivity contribution in [2.75, 3.05) is 38.2 Å². The van der Waals surface area contributed by atoms with Gasteiger partial charge in [-0.15, -0.1) is 0 Å². The summed E-state index contributed by atoms with van der Waals surface area (Å²) in [5.41, 5.74) is 4.30. The third kappa shape index (κ3) is 1.93. The molecule has 0 bridgehead atoms. The van der Waals surface area contributed by atoms with Gasteiger partial charge in [-0.05, 0) is 17.5 Å². The molecular weight excluding hydrogens is 200 g/mol. The molecule has 3 nitrogen and oxygen atoms in total. The Kier molecular flexibility index (Phi) is 2.80. The van der Waals surface area contributed by atoms with Gasteiger partial charge in [-0.3, -0.25) is 4.90 Å². The van der Waals surface area contributed by atoms with Gasteiger partial charge in [0, 0.05) is 31.9 Å². The number of nitrogens with one attached hydrogen (secondary N) is 1. The first-order chi connectivity index (χ1) is 7.93. The molecule has 0 unspecified atom stereocenters. The zero-order valence-corrected chi connectivity index (χ0v) is 9.54. The molecule has 0 saturated carbocycles. The van der Waals surface area contributed by atoms with E-state index in [0.29, 0.717) is 0 Å². The van der Waals surface area contributed by atoms with Crippen LogP contribution < -0.4 is 5.32 Å². The van der Waals surface area contributed by atoms with Crippen LogP contribution in [0.4, 0.5) is 5.69 Å². The van der Waals surface area contributed by atoms with Crippen LogP contribution in [-0.2, 0) is 17.7 Å². The molecule has 1 aromatic carbocycles. The Hall–Kier alpha value is -1.06. The summed E-state index contributed by atoms with van der Waals surface area (Å²) in [7, 11) is 0. The van der Waals surface area contributed by atoms with Gasteiger partial charge < -0.3 is 10.1 Å². The Morgan fingerprint density at radius 2 is 2.12 bits per heavy atom. The van der Waals surface area contributed by atoms with E-state index in [-0.39, 0.29) is 0 Å². The molecule has 0 aromatic heterocycles. The van der Waals surface area contributed by atoms with Crippen LogP contribution in [0.3, 0.4) is 0 Å². The quantitative estimate of drug-likeness (QED) is 0.814. The molecule has 0 aliphatic carbocycles. The number of rotatable bonds is 2. The van der Waals surface area contributed by atoms with E-state index in [1.165, 1.54) is 23.2 Å². The summed E-state index contributed by atoms with van der Waals surface area (Å²) in [6.45, 7) is 6.02. The van der Waals surface area contributed by atoms with Crippen molar-refractivity contribution in [3.8, 4) is 0 Å².